The third-order valence-electron chi connectivity index (χ3n) is 3.91. The van der Waals surface area contributed by atoms with Gasteiger partial charge in [0.1, 0.15) is 0 Å². The summed E-state index contributed by atoms with van der Waals surface area (Å²) in [4.78, 5) is 12.0. The van der Waals surface area contributed by atoms with Gasteiger partial charge in [-0.2, -0.15) is 0 Å². The Hall–Kier alpha value is -1.55. The molecular formula is C16H24N2O2. The zero-order chi connectivity index (χ0) is 14.5. The second-order valence-electron chi connectivity index (χ2n) is 5.60. The summed E-state index contributed by atoms with van der Waals surface area (Å²) in [7, 11) is 0. The molecule has 4 nitrogen and oxygen atoms in total. The van der Waals surface area contributed by atoms with Crippen molar-refractivity contribution in [1.82, 2.24) is 0 Å². The minimum atomic E-state index is 0.00845. The molecule has 1 amide bonds. The maximum Gasteiger partial charge on any atom is 0.224 e. The normalized spacial score (nSPS) is 18.8. The number of carbonyl (C=O) groups excluding carboxylic acids is 1. The lowest BCUT2D eigenvalue weighted by atomic mass is 10.0. The SMILES string of the molecule is Cc1cc(N)c(NC(=O)CCC2CCCCO2)cc1C. The van der Waals surface area contributed by atoms with Gasteiger partial charge in [-0.05, 0) is 62.8 Å². The van der Waals surface area contributed by atoms with E-state index in [0.717, 1.165) is 37.0 Å². The van der Waals surface area contributed by atoms with Gasteiger partial charge in [0.05, 0.1) is 17.5 Å². The zero-order valence-electron chi connectivity index (χ0n) is 12.4. The molecule has 2 rings (SSSR count). The molecular weight excluding hydrogens is 252 g/mol. The Morgan fingerprint density at radius 2 is 2.10 bits per heavy atom. The molecule has 110 valence electrons. The van der Waals surface area contributed by atoms with Crippen LogP contribution in [-0.2, 0) is 9.53 Å². The summed E-state index contributed by atoms with van der Waals surface area (Å²) in [5, 5.41) is 2.90. The fourth-order valence-corrected chi connectivity index (χ4v) is 2.49. The van der Waals surface area contributed by atoms with Crippen LogP contribution >= 0.6 is 0 Å². The molecule has 0 spiro atoms. The molecule has 1 aromatic rings. The third kappa shape index (κ3) is 3.97. The molecule has 1 heterocycles. The molecule has 0 saturated carbocycles. The van der Waals surface area contributed by atoms with Crippen LogP contribution in [-0.4, -0.2) is 18.6 Å². The lowest BCUT2D eigenvalue weighted by molar-refractivity contribution is -0.117. The monoisotopic (exact) mass is 276 g/mol. The van der Waals surface area contributed by atoms with E-state index >= 15 is 0 Å². The summed E-state index contributed by atoms with van der Waals surface area (Å²) in [5.74, 6) is 0.00845. The average Bonchev–Trinajstić information content (AvgIpc) is 2.44. The van der Waals surface area contributed by atoms with E-state index in [4.69, 9.17) is 10.5 Å². The second kappa shape index (κ2) is 6.75. The molecule has 3 N–H and O–H groups in total. The van der Waals surface area contributed by atoms with Gasteiger partial charge in [-0.15, -0.1) is 0 Å². The summed E-state index contributed by atoms with van der Waals surface area (Å²) in [6, 6.07) is 3.83. The summed E-state index contributed by atoms with van der Waals surface area (Å²) in [6.45, 7) is 4.86. The summed E-state index contributed by atoms with van der Waals surface area (Å²) in [6.07, 6.45) is 4.93. The molecule has 20 heavy (non-hydrogen) atoms. The van der Waals surface area contributed by atoms with Crippen LogP contribution in [0.2, 0.25) is 0 Å². The number of anilines is 2. The second-order valence-corrected chi connectivity index (χ2v) is 5.60. The molecule has 1 atom stereocenters. The Morgan fingerprint density at radius 3 is 2.80 bits per heavy atom. The Morgan fingerprint density at radius 1 is 1.35 bits per heavy atom. The largest absolute Gasteiger partial charge is 0.397 e. The molecule has 0 radical (unpaired) electrons. The predicted molar refractivity (Wildman–Crippen MR) is 81.8 cm³/mol. The number of hydrogen-bond donors (Lipinski definition) is 2. The number of benzene rings is 1. The molecule has 0 bridgehead atoms. The number of carbonyl (C=O) groups is 1. The molecule has 4 heteroatoms. The number of hydrogen-bond acceptors (Lipinski definition) is 3. The van der Waals surface area contributed by atoms with E-state index < -0.39 is 0 Å². The molecule has 1 fully saturated rings. The van der Waals surface area contributed by atoms with E-state index in [1.807, 2.05) is 26.0 Å². The fourth-order valence-electron chi connectivity index (χ4n) is 2.49. The van der Waals surface area contributed by atoms with E-state index in [9.17, 15) is 4.79 Å². The van der Waals surface area contributed by atoms with Gasteiger partial charge in [-0.25, -0.2) is 0 Å². The van der Waals surface area contributed by atoms with Crippen LogP contribution in [0.25, 0.3) is 0 Å². The molecule has 0 aliphatic carbocycles. The maximum absolute atomic E-state index is 12.0. The van der Waals surface area contributed by atoms with Gasteiger partial charge in [0.2, 0.25) is 5.91 Å². The highest BCUT2D eigenvalue weighted by Crippen LogP contribution is 2.23. The van der Waals surface area contributed by atoms with Crippen LogP contribution < -0.4 is 11.1 Å². The van der Waals surface area contributed by atoms with E-state index in [1.54, 1.807) is 0 Å². The molecule has 1 unspecified atom stereocenters. The lowest BCUT2D eigenvalue weighted by Crippen LogP contribution is -2.22. The van der Waals surface area contributed by atoms with Crippen molar-refractivity contribution in [2.24, 2.45) is 0 Å². The van der Waals surface area contributed by atoms with E-state index in [2.05, 4.69) is 5.32 Å². The smallest absolute Gasteiger partial charge is 0.224 e. The highest BCUT2D eigenvalue weighted by Gasteiger charge is 2.15. The highest BCUT2D eigenvalue weighted by atomic mass is 16.5. The summed E-state index contributed by atoms with van der Waals surface area (Å²) < 4.78 is 5.63. The van der Waals surface area contributed by atoms with E-state index in [-0.39, 0.29) is 12.0 Å². The number of rotatable bonds is 4. The summed E-state index contributed by atoms with van der Waals surface area (Å²) >= 11 is 0. The first kappa shape index (κ1) is 14.9. The van der Waals surface area contributed by atoms with Crippen molar-refractivity contribution in [3.63, 3.8) is 0 Å². The van der Waals surface area contributed by atoms with Crippen molar-refractivity contribution >= 4 is 17.3 Å². The van der Waals surface area contributed by atoms with Gasteiger partial charge >= 0.3 is 0 Å². The number of amides is 1. The fraction of sp³-hybridized carbons (Fsp3) is 0.562. The van der Waals surface area contributed by atoms with Crippen LogP contribution in [0.3, 0.4) is 0 Å². The zero-order valence-corrected chi connectivity index (χ0v) is 12.4. The van der Waals surface area contributed by atoms with Crippen molar-refractivity contribution in [2.45, 2.75) is 52.1 Å². The van der Waals surface area contributed by atoms with Gasteiger partial charge < -0.3 is 15.8 Å². The number of aryl methyl sites for hydroxylation is 2. The molecule has 0 aromatic heterocycles. The third-order valence-corrected chi connectivity index (χ3v) is 3.91. The Balaban J connectivity index is 1.86. The van der Waals surface area contributed by atoms with Gasteiger partial charge in [-0.3, -0.25) is 4.79 Å². The van der Waals surface area contributed by atoms with Crippen molar-refractivity contribution in [2.75, 3.05) is 17.7 Å². The first-order valence-electron chi connectivity index (χ1n) is 7.34. The van der Waals surface area contributed by atoms with Gasteiger partial charge in [0.25, 0.3) is 0 Å². The topological polar surface area (TPSA) is 64.3 Å². The number of nitrogen functional groups attached to an aromatic ring is 1. The molecule has 1 aliphatic heterocycles. The minimum Gasteiger partial charge on any atom is -0.397 e. The molecule has 1 aliphatic rings. The van der Waals surface area contributed by atoms with Crippen molar-refractivity contribution < 1.29 is 9.53 Å². The van der Waals surface area contributed by atoms with Gasteiger partial charge in [0, 0.05) is 13.0 Å². The quantitative estimate of drug-likeness (QED) is 0.830. The van der Waals surface area contributed by atoms with Crippen LogP contribution in [0.1, 0.15) is 43.2 Å². The van der Waals surface area contributed by atoms with Crippen LogP contribution in [0.4, 0.5) is 11.4 Å². The van der Waals surface area contributed by atoms with Crippen LogP contribution in [0, 0.1) is 13.8 Å². The van der Waals surface area contributed by atoms with Gasteiger partial charge in [0.15, 0.2) is 0 Å². The number of nitrogens with two attached hydrogens (primary N) is 1. The Kier molecular flexibility index (Phi) is 5.01. The molecule has 1 aromatic carbocycles. The maximum atomic E-state index is 12.0. The van der Waals surface area contributed by atoms with Gasteiger partial charge in [-0.1, -0.05) is 0 Å². The predicted octanol–water partition coefficient (Wildman–Crippen LogP) is 3.17. The van der Waals surface area contributed by atoms with E-state index in [1.165, 1.54) is 6.42 Å². The number of ether oxygens (including phenoxy) is 1. The Bertz CT molecular complexity index is 480. The van der Waals surface area contributed by atoms with Crippen molar-refractivity contribution in [3.05, 3.63) is 23.3 Å². The molecule has 1 saturated heterocycles. The number of nitrogens with one attached hydrogen (secondary N) is 1. The van der Waals surface area contributed by atoms with Crippen LogP contribution in [0.5, 0.6) is 0 Å². The van der Waals surface area contributed by atoms with Crippen molar-refractivity contribution in [3.8, 4) is 0 Å². The summed E-state index contributed by atoms with van der Waals surface area (Å²) in [5.41, 5.74) is 9.53. The Labute approximate surface area is 120 Å². The lowest BCUT2D eigenvalue weighted by Gasteiger charge is -2.22. The van der Waals surface area contributed by atoms with Crippen molar-refractivity contribution in [1.29, 1.82) is 0 Å². The van der Waals surface area contributed by atoms with Crippen LogP contribution in [0.15, 0.2) is 12.1 Å². The van der Waals surface area contributed by atoms with E-state index in [0.29, 0.717) is 17.8 Å². The average molecular weight is 276 g/mol. The minimum absolute atomic E-state index is 0.00845. The standard InChI is InChI=1S/C16H24N2O2/c1-11-9-14(17)15(10-12(11)2)18-16(19)7-6-13-5-3-4-8-20-13/h9-10,13H,3-8,17H2,1-2H3,(H,18,19). The highest BCUT2D eigenvalue weighted by molar-refractivity contribution is 5.94. The first-order chi connectivity index (χ1) is 9.56. The first-order valence-corrected chi connectivity index (χ1v) is 7.34.